The van der Waals surface area contributed by atoms with Crippen molar-refractivity contribution in [3.63, 3.8) is 0 Å². The van der Waals surface area contributed by atoms with Gasteiger partial charge in [-0.1, -0.05) is 50.1 Å². The van der Waals surface area contributed by atoms with Gasteiger partial charge in [-0.15, -0.1) is 0 Å². The van der Waals surface area contributed by atoms with E-state index in [1.807, 2.05) is 24.3 Å². The first-order chi connectivity index (χ1) is 8.69. The predicted molar refractivity (Wildman–Crippen MR) is 78.1 cm³/mol. The Bertz CT molecular complexity index is 343. The number of unbranched alkanes of at least 4 members (excludes halogenated alkanes) is 1. The molecule has 0 aliphatic carbocycles. The molecule has 1 atom stereocenters. The molecule has 1 rings (SSSR count). The maximum Gasteiger partial charge on any atom is 0.0816 e. The number of hydrogen-bond acceptors (Lipinski definition) is 2. The molecule has 0 fully saturated rings. The van der Waals surface area contributed by atoms with Crippen molar-refractivity contribution < 1.29 is 5.11 Å². The summed E-state index contributed by atoms with van der Waals surface area (Å²) in [6.07, 6.45) is 2.70. The fourth-order valence-corrected chi connectivity index (χ4v) is 2.28. The molecule has 1 N–H and O–H groups in total. The predicted octanol–water partition coefficient (Wildman–Crippen LogP) is 3.89. The highest BCUT2D eigenvalue weighted by Gasteiger charge is 2.12. The van der Waals surface area contributed by atoms with E-state index >= 15 is 0 Å². The largest absolute Gasteiger partial charge is 0.388 e. The van der Waals surface area contributed by atoms with E-state index in [0.717, 1.165) is 31.6 Å². The van der Waals surface area contributed by atoms with Crippen LogP contribution < -0.4 is 0 Å². The van der Waals surface area contributed by atoms with Crippen molar-refractivity contribution in [3.8, 4) is 0 Å². The average molecular weight is 270 g/mol. The smallest absolute Gasteiger partial charge is 0.0816 e. The molecule has 1 aromatic rings. The van der Waals surface area contributed by atoms with Gasteiger partial charge in [0.25, 0.3) is 0 Å². The minimum absolute atomic E-state index is 0.464. The van der Waals surface area contributed by atoms with Gasteiger partial charge in [-0.2, -0.15) is 0 Å². The molecule has 2 nitrogen and oxygen atoms in total. The van der Waals surface area contributed by atoms with Crippen LogP contribution in [-0.2, 0) is 0 Å². The van der Waals surface area contributed by atoms with Gasteiger partial charge in [0, 0.05) is 11.6 Å². The van der Waals surface area contributed by atoms with Crippen LogP contribution >= 0.6 is 11.6 Å². The summed E-state index contributed by atoms with van der Waals surface area (Å²) in [7, 11) is 0. The van der Waals surface area contributed by atoms with E-state index in [4.69, 9.17) is 11.6 Å². The second-order valence-electron chi connectivity index (χ2n) is 4.61. The number of aliphatic hydroxyl groups excluding tert-OH is 1. The van der Waals surface area contributed by atoms with Crippen LogP contribution in [0.15, 0.2) is 24.3 Å². The van der Waals surface area contributed by atoms with Crippen molar-refractivity contribution in [1.82, 2.24) is 4.90 Å². The molecule has 0 saturated heterocycles. The number of nitrogens with zero attached hydrogens (tertiary/aromatic N) is 1. The van der Waals surface area contributed by atoms with Crippen LogP contribution in [0.5, 0.6) is 0 Å². The second-order valence-corrected chi connectivity index (χ2v) is 5.02. The molecule has 1 unspecified atom stereocenters. The zero-order chi connectivity index (χ0) is 13.4. The van der Waals surface area contributed by atoms with Crippen molar-refractivity contribution in [1.29, 1.82) is 0 Å². The van der Waals surface area contributed by atoms with E-state index < -0.39 is 6.10 Å². The summed E-state index contributed by atoms with van der Waals surface area (Å²) < 4.78 is 0. The highest BCUT2D eigenvalue weighted by Crippen LogP contribution is 2.24. The van der Waals surface area contributed by atoms with E-state index in [2.05, 4.69) is 18.7 Å². The molecule has 3 heteroatoms. The van der Waals surface area contributed by atoms with Crippen LogP contribution in [-0.4, -0.2) is 29.6 Å². The lowest BCUT2D eigenvalue weighted by molar-refractivity contribution is 0.143. The van der Waals surface area contributed by atoms with Crippen LogP contribution in [0.3, 0.4) is 0 Å². The summed E-state index contributed by atoms with van der Waals surface area (Å²) in [4.78, 5) is 2.38. The lowest BCUT2D eigenvalue weighted by Crippen LogP contribution is -2.26. The monoisotopic (exact) mass is 269 g/mol. The lowest BCUT2D eigenvalue weighted by atomic mass is 10.1. The zero-order valence-corrected chi connectivity index (χ0v) is 12.2. The quantitative estimate of drug-likeness (QED) is 0.774. The van der Waals surface area contributed by atoms with Crippen molar-refractivity contribution in [2.45, 2.75) is 39.2 Å². The van der Waals surface area contributed by atoms with Crippen LogP contribution in [0.25, 0.3) is 0 Å². The fraction of sp³-hybridized carbons (Fsp3) is 0.600. The Morgan fingerprint density at radius 3 is 2.56 bits per heavy atom. The van der Waals surface area contributed by atoms with Crippen molar-refractivity contribution in [2.75, 3.05) is 19.6 Å². The van der Waals surface area contributed by atoms with E-state index in [-0.39, 0.29) is 0 Å². The third-order valence-electron chi connectivity index (χ3n) is 3.26. The van der Waals surface area contributed by atoms with Gasteiger partial charge in [-0.05, 0) is 37.6 Å². The van der Waals surface area contributed by atoms with Gasteiger partial charge >= 0.3 is 0 Å². The first kappa shape index (κ1) is 15.5. The Kier molecular flexibility index (Phi) is 7.33. The first-order valence-electron chi connectivity index (χ1n) is 6.83. The molecule has 1 aromatic carbocycles. The van der Waals surface area contributed by atoms with Crippen molar-refractivity contribution in [3.05, 3.63) is 34.9 Å². The molecule has 0 radical (unpaired) electrons. The van der Waals surface area contributed by atoms with Gasteiger partial charge in [-0.25, -0.2) is 0 Å². The molecule has 0 aromatic heterocycles. The first-order valence-corrected chi connectivity index (χ1v) is 7.21. The summed E-state index contributed by atoms with van der Waals surface area (Å²) in [5, 5.41) is 10.8. The van der Waals surface area contributed by atoms with Crippen LogP contribution in [0.1, 0.15) is 44.8 Å². The minimum Gasteiger partial charge on any atom is -0.388 e. The Morgan fingerprint density at radius 1 is 1.22 bits per heavy atom. The number of hydrogen-bond donors (Lipinski definition) is 1. The van der Waals surface area contributed by atoms with E-state index in [0.29, 0.717) is 5.02 Å². The third-order valence-corrected chi connectivity index (χ3v) is 3.60. The number of aliphatic hydroxyl groups is 1. The molecular weight excluding hydrogens is 246 g/mol. The molecule has 0 aliphatic rings. The maximum absolute atomic E-state index is 10.2. The lowest BCUT2D eigenvalue weighted by Gasteiger charge is -2.22. The van der Waals surface area contributed by atoms with E-state index in [1.54, 1.807) is 0 Å². The summed E-state index contributed by atoms with van der Waals surface area (Å²) >= 11 is 6.08. The molecular formula is C15H24ClNO. The van der Waals surface area contributed by atoms with Gasteiger partial charge in [0.15, 0.2) is 0 Å². The SMILES string of the molecule is CCCCN(CC)CCC(O)c1ccccc1Cl. The summed E-state index contributed by atoms with van der Waals surface area (Å²) in [6, 6.07) is 7.53. The normalized spacial score (nSPS) is 12.9. The second kappa shape index (κ2) is 8.52. The van der Waals surface area contributed by atoms with E-state index in [1.165, 1.54) is 12.8 Å². The molecule has 0 amide bonds. The topological polar surface area (TPSA) is 23.5 Å². The van der Waals surface area contributed by atoms with E-state index in [9.17, 15) is 5.11 Å². The Balaban J connectivity index is 2.44. The molecule has 18 heavy (non-hydrogen) atoms. The Hall–Kier alpha value is -0.570. The number of rotatable bonds is 8. The highest BCUT2D eigenvalue weighted by atomic mass is 35.5. The van der Waals surface area contributed by atoms with Crippen LogP contribution in [0, 0.1) is 0 Å². The zero-order valence-electron chi connectivity index (χ0n) is 11.4. The van der Waals surface area contributed by atoms with Crippen LogP contribution in [0.4, 0.5) is 0 Å². The van der Waals surface area contributed by atoms with Gasteiger partial charge in [0.1, 0.15) is 0 Å². The number of halogens is 1. The molecule has 0 aliphatic heterocycles. The standard InChI is InChI=1S/C15H24ClNO/c1-3-5-11-17(4-2)12-10-15(18)13-8-6-7-9-14(13)16/h6-9,15,18H,3-5,10-12H2,1-2H3. The molecule has 0 spiro atoms. The molecule has 0 heterocycles. The minimum atomic E-state index is -0.464. The molecule has 0 bridgehead atoms. The van der Waals surface area contributed by atoms with Gasteiger partial charge < -0.3 is 10.0 Å². The van der Waals surface area contributed by atoms with Crippen molar-refractivity contribution in [2.24, 2.45) is 0 Å². The Labute approximate surface area is 116 Å². The average Bonchev–Trinajstić information content (AvgIpc) is 2.39. The van der Waals surface area contributed by atoms with Gasteiger partial charge in [0.2, 0.25) is 0 Å². The van der Waals surface area contributed by atoms with Gasteiger partial charge in [0.05, 0.1) is 6.10 Å². The molecule has 102 valence electrons. The summed E-state index contributed by atoms with van der Waals surface area (Å²) in [6.45, 7) is 7.43. The third kappa shape index (κ3) is 4.97. The maximum atomic E-state index is 10.2. The summed E-state index contributed by atoms with van der Waals surface area (Å²) in [5.74, 6) is 0. The molecule has 0 saturated carbocycles. The van der Waals surface area contributed by atoms with Crippen LogP contribution in [0.2, 0.25) is 5.02 Å². The fourth-order valence-electron chi connectivity index (χ4n) is 2.02. The number of benzene rings is 1. The Morgan fingerprint density at radius 2 is 1.94 bits per heavy atom. The van der Waals surface area contributed by atoms with Crippen molar-refractivity contribution >= 4 is 11.6 Å². The van der Waals surface area contributed by atoms with Gasteiger partial charge in [-0.3, -0.25) is 0 Å². The highest BCUT2D eigenvalue weighted by molar-refractivity contribution is 6.31. The summed E-state index contributed by atoms with van der Waals surface area (Å²) in [5.41, 5.74) is 0.839.